The van der Waals surface area contributed by atoms with Crippen molar-refractivity contribution in [1.82, 2.24) is 24.8 Å². The minimum Gasteiger partial charge on any atom is -0.475 e. The standard InChI is InChI=1S/C16H17N5O.C2HF3O2/c1-12(21-11-20-14-4-2-3-5-15(14)21)16(22)19-7-6-13-10-17-8-9-18-13;3-2(4,5)1(6)7/h2-5,8-12H,6-7H2,1H3,(H,19,22);(H,6,7). The molecule has 1 unspecified atom stereocenters. The summed E-state index contributed by atoms with van der Waals surface area (Å²) in [7, 11) is 0. The Morgan fingerprint density at radius 2 is 1.90 bits per heavy atom. The van der Waals surface area contributed by atoms with Crippen LogP contribution < -0.4 is 5.32 Å². The van der Waals surface area contributed by atoms with Gasteiger partial charge in [0.25, 0.3) is 0 Å². The number of carboxylic acids is 1. The molecule has 1 amide bonds. The summed E-state index contributed by atoms with van der Waals surface area (Å²) in [5.74, 6) is -2.79. The SMILES string of the molecule is CC(C(=O)NCCc1cnccn1)n1cnc2ccccc21.O=C(O)C(F)(F)F. The van der Waals surface area contributed by atoms with Crippen LogP contribution in [0.1, 0.15) is 18.7 Å². The Hall–Kier alpha value is -3.50. The monoisotopic (exact) mass is 409 g/mol. The van der Waals surface area contributed by atoms with Gasteiger partial charge in [-0.25, -0.2) is 9.78 Å². The van der Waals surface area contributed by atoms with E-state index in [1.807, 2.05) is 35.8 Å². The molecule has 1 aromatic carbocycles. The zero-order chi connectivity index (χ0) is 21.4. The number of nitrogens with one attached hydrogen (secondary N) is 1. The van der Waals surface area contributed by atoms with E-state index in [0.29, 0.717) is 13.0 Å². The van der Waals surface area contributed by atoms with Gasteiger partial charge in [0.05, 0.1) is 23.1 Å². The average molecular weight is 409 g/mol. The number of alkyl halides is 3. The van der Waals surface area contributed by atoms with Crippen molar-refractivity contribution in [2.75, 3.05) is 6.54 Å². The first-order valence-electron chi connectivity index (χ1n) is 8.44. The molecule has 11 heteroatoms. The van der Waals surface area contributed by atoms with Gasteiger partial charge in [-0.3, -0.25) is 14.8 Å². The maximum Gasteiger partial charge on any atom is 0.490 e. The maximum atomic E-state index is 12.3. The second-order valence-electron chi connectivity index (χ2n) is 5.86. The summed E-state index contributed by atoms with van der Waals surface area (Å²) in [4.78, 5) is 33.7. The molecule has 0 radical (unpaired) electrons. The lowest BCUT2D eigenvalue weighted by Gasteiger charge is -2.14. The van der Waals surface area contributed by atoms with Gasteiger partial charge in [-0.15, -0.1) is 0 Å². The maximum absolute atomic E-state index is 12.3. The molecule has 8 nitrogen and oxygen atoms in total. The molecule has 0 aliphatic heterocycles. The topological polar surface area (TPSA) is 110 Å². The number of fused-ring (bicyclic) bond motifs is 1. The summed E-state index contributed by atoms with van der Waals surface area (Å²) in [6, 6.07) is 7.47. The van der Waals surface area contributed by atoms with Gasteiger partial charge < -0.3 is 15.0 Å². The number of benzene rings is 1. The molecule has 0 saturated carbocycles. The molecule has 29 heavy (non-hydrogen) atoms. The zero-order valence-corrected chi connectivity index (χ0v) is 15.3. The van der Waals surface area contributed by atoms with E-state index in [1.165, 1.54) is 0 Å². The highest BCUT2D eigenvalue weighted by atomic mass is 19.4. The van der Waals surface area contributed by atoms with Crippen LogP contribution in [0.4, 0.5) is 13.2 Å². The molecular formula is C18H18F3N5O3. The quantitative estimate of drug-likeness (QED) is 0.670. The third-order valence-electron chi connectivity index (χ3n) is 3.82. The average Bonchev–Trinajstić information content (AvgIpc) is 3.12. The lowest BCUT2D eigenvalue weighted by molar-refractivity contribution is -0.192. The fourth-order valence-electron chi connectivity index (χ4n) is 2.33. The van der Waals surface area contributed by atoms with Crippen LogP contribution in [0.25, 0.3) is 11.0 Å². The van der Waals surface area contributed by atoms with Gasteiger partial charge in [-0.1, -0.05) is 12.1 Å². The smallest absolute Gasteiger partial charge is 0.475 e. The van der Waals surface area contributed by atoms with Crippen LogP contribution in [0.15, 0.2) is 49.2 Å². The van der Waals surface area contributed by atoms with Crippen LogP contribution in [-0.4, -0.2) is 49.2 Å². The number of hydrogen-bond acceptors (Lipinski definition) is 5. The Kier molecular flexibility index (Phi) is 7.23. The van der Waals surface area contributed by atoms with Gasteiger partial charge in [-0.05, 0) is 19.1 Å². The van der Waals surface area contributed by atoms with Crippen LogP contribution in [0.2, 0.25) is 0 Å². The predicted octanol–water partition coefficient (Wildman–Crippen LogP) is 2.38. The Labute approximate surface area is 163 Å². The number of hydrogen-bond donors (Lipinski definition) is 2. The molecule has 0 spiro atoms. The number of nitrogens with zero attached hydrogens (tertiary/aromatic N) is 4. The largest absolute Gasteiger partial charge is 0.490 e. The molecule has 0 fully saturated rings. The van der Waals surface area contributed by atoms with Gasteiger partial charge in [0.15, 0.2) is 0 Å². The van der Waals surface area contributed by atoms with Crippen molar-refractivity contribution in [3.8, 4) is 0 Å². The van der Waals surface area contributed by atoms with Crippen LogP contribution in [0.5, 0.6) is 0 Å². The van der Waals surface area contributed by atoms with E-state index in [4.69, 9.17) is 9.90 Å². The molecule has 2 N–H and O–H groups in total. The lowest BCUT2D eigenvalue weighted by Crippen LogP contribution is -2.32. The second-order valence-corrected chi connectivity index (χ2v) is 5.86. The van der Waals surface area contributed by atoms with Crippen LogP contribution in [-0.2, 0) is 16.0 Å². The van der Waals surface area contributed by atoms with Crippen LogP contribution in [0, 0.1) is 0 Å². The van der Waals surface area contributed by atoms with Crippen LogP contribution in [0.3, 0.4) is 0 Å². The third-order valence-corrected chi connectivity index (χ3v) is 3.82. The van der Waals surface area contributed by atoms with Crippen molar-refractivity contribution in [3.63, 3.8) is 0 Å². The number of rotatable bonds is 5. The lowest BCUT2D eigenvalue weighted by atomic mass is 10.2. The van der Waals surface area contributed by atoms with E-state index in [9.17, 15) is 18.0 Å². The molecule has 0 aliphatic carbocycles. The normalized spacial score (nSPS) is 12.0. The first kappa shape index (κ1) is 21.8. The highest BCUT2D eigenvalue weighted by molar-refractivity contribution is 5.83. The molecule has 2 aromatic heterocycles. The van der Waals surface area contributed by atoms with Crippen molar-refractivity contribution in [2.24, 2.45) is 0 Å². The van der Waals surface area contributed by atoms with E-state index < -0.39 is 12.1 Å². The Morgan fingerprint density at radius 1 is 1.21 bits per heavy atom. The van der Waals surface area contributed by atoms with Crippen LogP contribution >= 0.6 is 0 Å². The minimum absolute atomic E-state index is 0.0351. The molecule has 2 heterocycles. The van der Waals surface area contributed by atoms with Gasteiger partial charge >= 0.3 is 12.1 Å². The highest BCUT2D eigenvalue weighted by Crippen LogP contribution is 2.17. The van der Waals surface area contributed by atoms with Gasteiger partial charge in [0.2, 0.25) is 5.91 Å². The van der Waals surface area contributed by atoms with Gasteiger partial charge in [-0.2, -0.15) is 13.2 Å². The number of imidazole rings is 1. The van der Waals surface area contributed by atoms with Crippen molar-refractivity contribution >= 4 is 22.9 Å². The summed E-state index contributed by atoms with van der Waals surface area (Å²) < 4.78 is 33.6. The number of halogens is 3. The van der Waals surface area contributed by atoms with Crippen molar-refractivity contribution in [1.29, 1.82) is 0 Å². The molecule has 154 valence electrons. The summed E-state index contributed by atoms with van der Waals surface area (Å²) >= 11 is 0. The molecule has 3 rings (SSSR count). The van der Waals surface area contributed by atoms with E-state index >= 15 is 0 Å². The third kappa shape index (κ3) is 6.26. The Bertz CT molecular complexity index is 960. The number of amides is 1. The summed E-state index contributed by atoms with van der Waals surface area (Å²) in [6.07, 6.45) is 2.28. The van der Waals surface area contributed by atoms with E-state index in [1.54, 1.807) is 24.9 Å². The first-order valence-corrected chi connectivity index (χ1v) is 8.44. The Balaban J connectivity index is 0.000000370. The first-order chi connectivity index (χ1) is 13.7. The molecular weight excluding hydrogens is 391 g/mol. The van der Waals surface area contributed by atoms with Crippen molar-refractivity contribution in [2.45, 2.75) is 25.6 Å². The van der Waals surface area contributed by atoms with E-state index in [-0.39, 0.29) is 11.9 Å². The van der Waals surface area contributed by atoms with Gasteiger partial charge in [0, 0.05) is 31.6 Å². The summed E-state index contributed by atoms with van der Waals surface area (Å²) in [5, 5.41) is 10.1. The molecule has 0 saturated heterocycles. The Morgan fingerprint density at radius 3 is 2.52 bits per heavy atom. The molecule has 0 aliphatic rings. The van der Waals surface area contributed by atoms with Crippen molar-refractivity contribution < 1.29 is 27.9 Å². The van der Waals surface area contributed by atoms with Gasteiger partial charge in [0.1, 0.15) is 6.04 Å². The summed E-state index contributed by atoms with van der Waals surface area (Å²) in [6.45, 7) is 2.40. The molecule has 0 bridgehead atoms. The fourth-order valence-corrected chi connectivity index (χ4v) is 2.33. The highest BCUT2D eigenvalue weighted by Gasteiger charge is 2.38. The number of carbonyl (C=O) groups excluding carboxylic acids is 1. The summed E-state index contributed by atoms with van der Waals surface area (Å²) in [5.41, 5.74) is 2.71. The second kappa shape index (κ2) is 9.62. The number of aliphatic carboxylic acids is 1. The number of carboxylic acid groups (broad SMARTS) is 1. The number of para-hydroxylation sites is 2. The zero-order valence-electron chi connectivity index (χ0n) is 15.3. The molecule has 1 atom stereocenters. The van der Waals surface area contributed by atoms with Crippen molar-refractivity contribution in [3.05, 3.63) is 54.9 Å². The minimum atomic E-state index is -5.08. The number of carbonyl (C=O) groups is 2. The predicted molar refractivity (Wildman–Crippen MR) is 96.9 cm³/mol. The van der Waals surface area contributed by atoms with E-state index in [0.717, 1.165) is 16.7 Å². The number of aromatic nitrogens is 4. The van der Waals surface area contributed by atoms with E-state index in [2.05, 4.69) is 20.3 Å². The fraction of sp³-hybridized carbons (Fsp3) is 0.278. The molecule has 3 aromatic rings.